The third-order valence-corrected chi connectivity index (χ3v) is 5.17. The molecule has 2 nitrogen and oxygen atoms in total. The third-order valence-electron chi connectivity index (χ3n) is 3.35. The number of aryl methyl sites for hydroxylation is 2. The third kappa shape index (κ3) is 4.20. The van der Waals surface area contributed by atoms with Crippen LogP contribution in [0.5, 0.6) is 0 Å². The van der Waals surface area contributed by atoms with E-state index in [4.69, 9.17) is 0 Å². The molecule has 20 heavy (non-hydrogen) atoms. The van der Waals surface area contributed by atoms with Crippen LogP contribution in [0.3, 0.4) is 0 Å². The molecule has 0 saturated heterocycles. The highest BCUT2D eigenvalue weighted by atomic mass is 32.2. The van der Waals surface area contributed by atoms with Gasteiger partial charge in [-0.3, -0.25) is 0 Å². The van der Waals surface area contributed by atoms with Gasteiger partial charge in [0, 0.05) is 0 Å². The van der Waals surface area contributed by atoms with Gasteiger partial charge in [0.05, 0.1) is 10.6 Å². The maximum Gasteiger partial charge on any atom is 0.178 e. The Morgan fingerprint density at radius 3 is 2.15 bits per heavy atom. The van der Waals surface area contributed by atoms with E-state index in [9.17, 15) is 8.42 Å². The van der Waals surface area contributed by atoms with Crippen molar-refractivity contribution < 1.29 is 8.42 Å². The van der Waals surface area contributed by atoms with E-state index in [1.165, 1.54) is 5.56 Å². The summed E-state index contributed by atoms with van der Waals surface area (Å²) in [6.07, 6.45) is 2.53. The molecule has 0 aromatic heterocycles. The Morgan fingerprint density at radius 2 is 1.50 bits per heavy atom. The predicted molar refractivity (Wildman–Crippen MR) is 82.6 cm³/mol. The first-order chi connectivity index (χ1) is 9.58. The van der Waals surface area contributed by atoms with Crippen molar-refractivity contribution in [1.82, 2.24) is 0 Å². The highest BCUT2D eigenvalue weighted by Crippen LogP contribution is 2.14. The largest absolute Gasteiger partial charge is 0.224 e. The molecule has 2 rings (SSSR count). The SMILES string of the molecule is Cc1ccc(S(=O)(=O)CCCCc2ccccc2)cc1. The summed E-state index contributed by atoms with van der Waals surface area (Å²) in [5, 5.41) is 0. The molecule has 0 saturated carbocycles. The summed E-state index contributed by atoms with van der Waals surface area (Å²) >= 11 is 0. The maximum absolute atomic E-state index is 12.2. The number of rotatable bonds is 6. The van der Waals surface area contributed by atoms with Crippen LogP contribution in [0.4, 0.5) is 0 Å². The zero-order valence-electron chi connectivity index (χ0n) is 11.7. The standard InChI is InChI=1S/C17H20O2S/c1-15-10-12-17(13-11-15)20(18,19)14-6-5-9-16-7-3-2-4-8-16/h2-4,7-8,10-13H,5-6,9,14H2,1H3. The number of benzene rings is 2. The van der Waals surface area contributed by atoms with Gasteiger partial charge in [-0.25, -0.2) is 8.42 Å². The van der Waals surface area contributed by atoms with E-state index in [0.717, 1.165) is 18.4 Å². The lowest BCUT2D eigenvalue weighted by Gasteiger charge is -2.05. The van der Waals surface area contributed by atoms with E-state index in [0.29, 0.717) is 11.3 Å². The van der Waals surface area contributed by atoms with Crippen LogP contribution in [0.2, 0.25) is 0 Å². The molecule has 0 spiro atoms. The number of hydrogen-bond donors (Lipinski definition) is 0. The summed E-state index contributed by atoms with van der Waals surface area (Å²) in [7, 11) is -3.13. The first-order valence-corrected chi connectivity index (χ1v) is 8.56. The Hall–Kier alpha value is -1.61. The minimum atomic E-state index is -3.13. The van der Waals surface area contributed by atoms with Gasteiger partial charge in [0.25, 0.3) is 0 Å². The van der Waals surface area contributed by atoms with E-state index in [1.807, 2.05) is 37.3 Å². The second kappa shape index (κ2) is 6.71. The highest BCUT2D eigenvalue weighted by Gasteiger charge is 2.13. The first kappa shape index (κ1) is 14.8. The normalized spacial score (nSPS) is 11.4. The van der Waals surface area contributed by atoms with Crippen LogP contribution < -0.4 is 0 Å². The fourth-order valence-corrected chi connectivity index (χ4v) is 3.50. The van der Waals surface area contributed by atoms with E-state index in [1.54, 1.807) is 12.1 Å². The smallest absolute Gasteiger partial charge is 0.178 e. The molecule has 0 atom stereocenters. The summed E-state index contributed by atoms with van der Waals surface area (Å²) in [5.74, 6) is 0.225. The van der Waals surface area contributed by atoms with Crippen molar-refractivity contribution in [3.8, 4) is 0 Å². The second-order valence-corrected chi connectivity index (χ2v) is 7.18. The Bertz CT molecular complexity index is 628. The minimum absolute atomic E-state index is 0.225. The molecule has 0 fully saturated rings. The minimum Gasteiger partial charge on any atom is -0.224 e. The highest BCUT2D eigenvalue weighted by molar-refractivity contribution is 7.91. The fraction of sp³-hybridized carbons (Fsp3) is 0.294. The van der Waals surface area contributed by atoms with Gasteiger partial charge in [0.2, 0.25) is 0 Å². The average molecular weight is 288 g/mol. The molecule has 0 aliphatic rings. The number of unbranched alkanes of at least 4 members (excludes halogenated alkanes) is 1. The van der Waals surface area contributed by atoms with E-state index in [2.05, 4.69) is 12.1 Å². The van der Waals surface area contributed by atoms with Crippen molar-refractivity contribution >= 4 is 9.84 Å². The first-order valence-electron chi connectivity index (χ1n) is 6.91. The van der Waals surface area contributed by atoms with Crippen molar-refractivity contribution in [2.24, 2.45) is 0 Å². The van der Waals surface area contributed by atoms with Crippen molar-refractivity contribution in [2.75, 3.05) is 5.75 Å². The Morgan fingerprint density at radius 1 is 0.850 bits per heavy atom. The van der Waals surface area contributed by atoms with Gasteiger partial charge in [-0.1, -0.05) is 48.0 Å². The van der Waals surface area contributed by atoms with Crippen LogP contribution in [-0.2, 0) is 16.3 Å². The number of sulfone groups is 1. The second-order valence-electron chi connectivity index (χ2n) is 5.07. The van der Waals surface area contributed by atoms with E-state index < -0.39 is 9.84 Å². The molecule has 0 heterocycles. The molecule has 0 N–H and O–H groups in total. The average Bonchev–Trinajstić information content (AvgIpc) is 2.45. The predicted octanol–water partition coefficient (Wildman–Crippen LogP) is 3.79. The van der Waals surface area contributed by atoms with Crippen LogP contribution in [0.15, 0.2) is 59.5 Å². The Balaban J connectivity index is 1.85. The molecule has 106 valence electrons. The molecule has 3 heteroatoms. The van der Waals surface area contributed by atoms with Crippen molar-refractivity contribution in [3.63, 3.8) is 0 Å². The van der Waals surface area contributed by atoms with E-state index >= 15 is 0 Å². The summed E-state index contributed by atoms with van der Waals surface area (Å²) < 4.78 is 24.3. The number of hydrogen-bond acceptors (Lipinski definition) is 2. The fourth-order valence-electron chi connectivity index (χ4n) is 2.13. The molecule has 0 unspecified atom stereocenters. The molecule has 0 bridgehead atoms. The quantitative estimate of drug-likeness (QED) is 0.758. The zero-order chi connectivity index (χ0) is 14.4. The lowest BCUT2D eigenvalue weighted by Crippen LogP contribution is -2.07. The Kier molecular flexibility index (Phi) is 4.96. The molecule has 0 aliphatic carbocycles. The lowest BCUT2D eigenvalue weighted by molar-refractivity contribution is 0.591. The topological polar surface area (TPSA) is 34.1 Å². The van der Waals surface area contributed by atoms with Crippen LogP contribution in [0.25, 0.3) is 0 Å². The van der Waals surface area contributed by atoms with Crippen LogP contribution in [-0.4, -0.2) is 14.2 Å². The van der Waals surface area contributed by atoms with Gasteiger partial charge >= 0.3 is 0 Å². The summed E-state index contributed by atoms with van der Waals surface area (Å²) in [5.41, 5.74) is 2.34. The van der Waals surface area contributed by atoms with Crippen LogP contribution in [0.1, 0.15) is 24.0 Å². The molecular weight excluding hydrogens is 268 g/mol. The van der Waals surface area contributed by atoms with Crippen molar-refractivity contribution in [1.29, 1.82) is 0 Å². The van der Waals surface area contributed by atoms with Gasteiger partial charge in [0.1, 0.15) is 0 Å². The molecular formula is C17H20O2S. The van der Waals surface area contributed by atoms with Crippen molar-refractivity contribution in [2.45, 2.75) is 31.1 Å². The molecule has 2 aromatic rings. The van der Waals surface area contributed by atoms with Gasteiger partial charge in [-0.05, 0) is 43.9 Å². The molecule has 0 radical (unpaired) electrons. The molecule has 0 aliphatic heterocycles. The molecule has 0 amide bonds. The van der Waals surface area contributed by atoms with Crippen LogP contribution >= 0.6 is 0 Å². The zero-order valence-corrected chi connectivity index (χ0v) is 12.6. The van der Waals surface area contributed by atoms with Gasteiger partial charge in [0.15, 0.2) is 9.84 Å². The van der Waals surface area contributed by atoms with E-state index in [-0.39, 0.29) is 5.75 Å². The lowest BCUT2D eigenvalue weighted by atomic mass is 10.1. The van der Waals surface area contributed by atoms with Crippen molar-refractivity contribution in [3.05, 3.63) is 65.7 Å². The summed E-state index contributed by atoms with van der Waals surface area (Å²) in [6, 6.07) is 17.3. The maximum atomic E-state index is 12.2. The Labute approximate surface area is 121 Å². The molecule has 2 aromatic carbocycles. The monoisotopic (exact) mass is 288 g/mol. The summed E-state index contributed by atoms with van der Waals surface area (Å²) in [6.45, 7) is 1.95. The van der Waals surface area contributed by atoms with Gasteiger partial charge in [-0.2, -0.15) is 0 Å². The van der Waals surface area contributed by atoms with Crippen LogP contribution in [0, 0.1) is 6.92 Å². The van der Waals surface area contributed by atoms with Gasteiger partial charge in [-0.15, -0.1) is 0 Å². The summed E-state index contributed by atoms with van der Waals surface area (Å²) in [4.78, 5) is 0.433. The van der Waals surface area contributed by atoms with Gasteiger partial charge < -0.3 is 0 Å².